The van der Waals surface area contributed by atoms with Crippen molar-refractivity contribution in [2.75, 3.05) is 39.7 Å². The van der Waals surface area contributed by atoms with E-state index >= 15 is 0 Å². The van der Waals surface area contributed by atoms with Crippen LogP contribution in [0.25, 0.3) is 5.82 Å². The van der Waals surface area contributed by atoms with Crippen LogP contribution in [-0.4, -0.2) is 66.7 Å². The lowest BCUT2D eigenvalue weighted by molar-refractivity contribution is -0.133. The highest BCUT2D eigenvalue weighted by Crippen LogP contribution is 2.24. The molecule has 2 atom stereocenters. The Hall–Kier alpha value is -5.34. The molecule has 5 N–H and O–H groups in total. The van der Waals surface area contributed by atoms with Crippen LogP contribution in [0.5, 0.6) is 0 Å². The Morgan fingerprint density at radius 1 is 0.929 bits per heavy atom. The fraction of sp³-hybridized carbons (Fsp3) is 0.259. The molecular weight excluding hydrogens is 548 g/mol. The van der Waals surface area contributed by atoms with Crippen LogP contribution in [0.4, 0.5) is 48.4 Å². The molecule has 4 aromatic rings. The lowest BCUT2D eigenvalue weighted by Crippen LogP contribution is -2.58. The molecule has 1 aliphatic heterocycles. The zero-order valence-electron chi connectivity index (χ0n) is 23.0. The molecule has 0 unspecified atom stereocenters. The second-order valence-electron chi connectivity index (χ2n) is 9.85. The number of aromatic nitrogens is 5. The summed E-state index contributed by atoms with van der Waals surface area (Å²) >= 11 is 0. The third-order valence-corrected chi connectivity index (χ3v) is 6.69. The quantitative estimate of drug-likeness (QED) is 0.268. The molecule has 0 aliphatic carbocycles. The Morgan fingerprint density at radius 2 is 1.55 bits per heavy atom. The smallest absolute Gasteiger partial charge is 0.323 e. The average molecular weight is 578 g/mol. The Balaban J connectivity index is 1.24. The summed E-state index contributed by atoms with van der Waals surface area (Å²) in [5.41, 5.74) is 6.57. The van der Waals surface area contributed by atoms with Crippen molar-refractivity contribution in [2.24, 2.45) is 0 Å². The van der Waals surface area contributed by atoms with Gasteiger partial charge in [0.1, 0.15) is 29.5 Å². The Bertz CT molecular complexity index is 1580. The Kier molecular flexibility index (Phi) is 7.82. The van der Waals surface area contributed by atoms with Crippen LogP contribution in [-0.2, 0) is 4.79 Å². The van der Waals surface area contributed by atoms with E-state index < -0.39 is 23.4 Å². The number of hydrogen-bond donors (Lipinski definition) is 4. The van der Waals surface area contributed by atoms with E-state index in [1.165, 1.54) is 17.1 Å². The first-order valence-corrected chi connectivity index (χ1v) is 13.1. The first-order chi connectivity index (χ1) is 20.1. The van der Waals surface area contributed by atoms with Gasteiger partial charge >= 0.3 is 6.03 Å². The Labute approximate surface area is 239 Å². The SMILES string of the molecule is CC(=O)N1[C@H](C)CN(c2cc(-n3nc(Nc4ccc(NC(=O)Nc5c(F)cccc5F)cc4)nc3N)ncn2)C[C@@H]1C. The first kappa shape index (κ1) is 28.2. The molecule has 3 heterocycles. The summed E-state index contributed by atoms with van der Waals surface area (Å²) in [6.45, 7) is 6.82. The van der Waals surface area contributed by atoms with Gasteiger partial charge in [-0.25, -0.2) is 23.5 Å². The van der Waals surface area contributed by atoms with Gasteiger partial charge in [0.25, 0.3) is 0 Å². The standard InChI is InChI=1S/C27H29F2N11O2/c1-15-12-38(13-16(2)39(15)17(3)41)22-11-23(32-14-31-22)40-25(30)36-26(37-40)33-18-7-9-19(10-8-18)34-27(42)35-24-20(28)5-4-6-21(24)29/h4-11,14-16H,12-13H2,1-3H3,(H2,34,35,42)(H3,30,33,36,37)/t15-,16+. The lowest BCUT2D eigenvalue weighted by Gasteiger charge is -2.44. The van der Waals surface area contributed by atoms with Gasteiger partial charge in [-0.1, -0.05) is 6.07 Å². The van der Waals surface area contributed by atoms with Gasteiger partial charge in [0.05, 0.1) is 0 Å². The number of nitrogens with two attached hydrogens (primary N) is 1. The third-order valence-electron chi connectivity index (χ3n) is 6.69. The van der Waals surface area contributed by atoms with Crippen molar-refractivity contribution in [1.29, 1.82) is 0 Å². The van der Waals surface area contributed by atoms with Crippen molar-refractivity contribution in [3.05, 3.63) is 66.5 Å². The van der Waals surface area contributed by atoms with Gasteiger partial charge in [-0.2, -0.15) is 9.67 Å². The molecule has 1 saturated heterocycles. The van der Waals surface area contributed by atoms with Gasteiger partial charge in [-0.15, -0.1) is 5.10 Å². The minimum Gasteiger partial charge on any atom is -0.368 e. The van der Waals surface area contributed by atoms with Gasteiger partial charge < -0.3 is 31.5 Å². The highest BCUT2D eigenvalue weighted by Gasteiger charge is 2.32. The predicted molar refractivity (Wildman–Crippen MR) is 154 cm³/mol. The van der Waals surface area contributed by atoms with E-state index in [0.717, 1.165) is 12.1 Å². The maximum Gasteiger partial charge on any atom is 0.323 e. The van der Waals surface area contributed by atoms with Crippen molar-refractivity contribution >= 4 is 46.7 Å². The number of urea groups is 1. The zero-order chi connectivity index (χ0) is 30.0. The average Bonchev–Trinajstić information content (AvgIpc) is 3.31. The lowest BCUT2D eigenvalue weighted by atomic mass is 10.1. The van der Waals surface area contributed by atoms with Crippen LogP contribution >= 0.6 is 0 Å². The van der Waals surface area contributed by atoms with Gasteiger partial charge in [-0.3, -0.25) is 4.79 Å². The predicted octanol–water partition coefficient (Wildman–Crippen LogP) is 3.75. The summed E-state index contributed by atoms with van der Waals surface area (Å²) in [7, 11) is 0. The van der Waals surface area contributed by atoms with E-state index in [9.17, 15) is 18.4 Å². The molecule has 15 heteroatoms. The Morgan fingerprint density at radius 3 is 2.19 bits per heavy atom. The fourth-order valence-corrected chi connectivity index (χ4v) is 4.96. The molecule has 0 spiro atoms. The minimum atomic E-state index is -0.884. The molecule has 0 saturated carbocycles. The molecule has 218 valence electrons. The first-order valence-electron chi connectivity index (χ1n) is 13.1. The van der Waals surface area contributed by atoms with E-state index in [1.807, 2.05) is 18.7 Å². The monoisotopic (exact) mass is 577 g/mol. The number of carbonyl (C=O) groups excluding carboxylic acids is 2. The topological polar surface area (TPSA) is 159 Å². The van der Waals surface area contributed by atoms with E-state index in [1.54, 1.807) is 37.3 Å². The summed E-state index contributed by atoms with van der Waals surface area (Å²) < 4.78 is 29.0. The number of piperazine rings is 1. The van der Waals surface area contributed by atoms with Crippen LogP contribution in [0.1, 0.15) is 20.8 Å². The van der Waals surface area contributed by atoms with Gasteiger partial charge in [-0.05, 0) is 50.2 Å². The largest absolute Gasteiger partial charge is 0.368 e. The second kappa shape index (κ2) is 11.6. The summed E-state index contributed by atoms with van der Waals surface area (Å²) in [5, 5.41) is 12.1. The summed E-state index contributed by atoms with van der Waals surface area (Å²) in [4.78, 5) is 41.2. The van der Waals surface area contributed by atoms with Crippen LogP contribution in [0, 0.1) is 11.6 Å². The zero-order valence-corrected chi connectivity index (χ0v) is 23.0. The fourth-order valence-electron chi connectivity index (χ4n) is 4.96. The number of amides is 3. The molecule has 0 radical (unpaired) electrons. The van der Waals surface area contributed by atoms with Crippen molar-refractivity contribution < 1.29 is 18.4 Å². The highest BCUT2D eigenvalue weighted by atomic mass is 19.1. The normalized spacial score (nSPS) is 16.7. The number of anilines is 6. The van der Waals surface area contributed by atoms with E-state index in [-0.39, 0.29) is 29.9 Å². The van der Waals surface area contributed by atoms with Crippen molar-refractivity contribution in [3.63, 3.8) is 0 Å². The van der Waals surface area contributed by atoms with Crippen molar-refractivity contribution in [2.45, 2.75) is 32.9 Å². The summed E-state index contributed by atoms with van der Waals surface area (Å²) in [5.74, 6) is -0.322. The highest BCUT2D eigenvalue weighted by molar-refractivity contribution is 6.00. The molecule has 0 bridgehead atoms. The van der Waals surface area contributed by atoms with Gasteiger partial charge in [0, 0.05) is 49.5 Å². The van der Waals surface area contributed by atoms with Crippen molar-refractivity contribution in [1.82, 2.24) is 29.6 Å². The number of nitrogens with zero attached hydrogens (tertiary/aromatic N) is 7. The maximum atomic E-state index is 13.8. The molecule has 3 amide bonds. The van der Waals surface area contributed by atoms with Crippen molar-refractivity contribution in [3.8, 4) is 5.82 Å². The molecular formula is C27H29F2N11O2. The number of para-hydroxylation sites is 1. The molecule has 5 rings (SSSR count). The number of rotatable bonds is 6. The number of hydrogen-bond acceptors (Lipinski definition) is 9. The third kappa shape index (κ3) is 6.04. The minimum absolute atomic E-state index is 0.0164. The molecule has 2 aromatic carbocycles. The summed E-state index contributed by atoms with van der Waals surface area (Å²) in [6, 6.07) is 10.8. The molecule has 1 fully saturated rings. The number of nitrogen functional groups attached to an aromatic ring is 1. The van der Waals surface area contributed by atoms with E-state index in [4.69, 9.17) is 5.73 Å². The number of benzene rings is 2. The van der Waals surface area contributed by atoms with E-state index in [0.29, 0.717) is 36.1 Å². The molecule has 42 heavy (non-hydrogen) atoms. The van der Waals surface area contributed by atoms with Gasteiger partial charge in [0.15, 0.2) is 5.82 Å². The van der Waals surface area contributed by atoms with Crippen LogP contribution < -0.4 is 26.6 Å². The molecule has 1 aliphatic rings. The van der Waals surface area contributed by atoms with Crippen LogP contribution in [0.15, 0.2) is 54.9 Å². The van der Waals surface area contributed by atoms with E-state index in [2.05, 4.69) is 40.9 Å². The molecule has 13 nitrogen and oxygen atoms in total. The number of nitrogens with one attached hydrogen (secondary N) is 3. The second-order valence-corrected chi connectivity index (χ2v) is 9.85. The van der Waals surface area contributed by atoms with Crippen LogP contribution in [0.2, 0.25) is 0 Å². The van der Waals surface area contributed by atoms with Gasteiger partial charge in [0.2, 0.25) is 17.8 Å². The summed E-state index contributed by atoms with van der Waals surface area (Å²) in [6.07, 6.45) is 1.42. The van der Waals surface area contributed by atoms with Crippen LogP contribution in [0.3, 0.4) is 0 Å². The maximum absolute atomic E-state index is 13.8. The number of halogens is 2. The number of carbonyl (C=O) groups is 2. The molecule has 2 aromatic heterocycles.